The van der Waals surface area contributed by atoms with E-state index in [1.165, 1.54) is 0 Å². The van der Waals surface area contributed by atoms with E-state index in [0.717, 1.165) is 5.56 Å². The van der Waals surface area contributed by atoms with Crippen molar-refractivity contribution in [3.8, 4) is 0 Å². The number of para-hydroxylation sites is 1. The molecule has 2 aliphatic rings. The Bertz CT molecular complexity index is 714. The van der Waals surface area contributed by atoms with E-state index in [4.69, 9.17) is 0 Å². The van der Waals surface area contributed by atoms with Crippen LogP contribution in [-0.4, -0.2) is 38.3 Å². The third-order valence-corrected chi connectivity index (χ3v) is 6.04. The van der Waals surface area contributed by atoms with Crippen molar-refractivity contribution in [1.29, 1.82) is 0 Å². The summed E-state index contributed by atoms with van der Waals surface area (Å²) in [7, 11) is -2.94. The molecule has 7 heteroatoms. The highest BCUT2D eigenvalue weighted by molar-refractivity contribution is 7.91. The van der Waals surface area contributed by atoms with Gasteiger partial charge in [-0.05, 0) is 24.0 Å². The molecule has 0 saturated carbocycles. The number of nitrogens with one attached hydrogen (secondary N) is 2. The summed E-state index contributed by atoms with van der Waals surface area (Å²) in [4.78, 5) is 24.1. The summed E-state index contributed by atoms with van der Waals surface area (Å²) in [6.07, 6.45) is 0.705. The molecule has 2 N–H and O–H groups in total. The summed E-state index contributed by atoms with van der Waals surface area (Å²) in [5.41, 5.74) is 1.47. The highest BCUT2D eigenvalue weighted by atomic mass is 32.2. The summed E-state index contributed by atoms with van der Waals surface area (Å²) >= 11 is 0. The summed E-state index contributed by atoms with van der Waals surface area (Å²) in [6.45, 7) is 0.346. The van der Waals surface area contributed by atoms with Crippen LogP contribution >= 0.6 is 0 Å². The van der Waals surface area contributed by atoms with Gasteiger partial charge in [0.25, 0.3) is 0 Å². The Morgan fingerprint density at radius 3 is 2.82 bits per heavy atom. The van der Waals surface area contributed by atoms with Gasteiger partial charge in [0.15, 0.2) is 9.84 Å². The SMILES string of the molecule is O=C1C[C@H](C(=O)NC[C@@H]2CCS(=O)(=O)C2)c2ccccc2N1. The maximum atomic E-state index is 12.4. The van der Waals surface area contributed by atoms with Crippen molar-refractivity contribution in [3.63, 3.8) is 0 Å². The summed E-state index contributed by atoms with van der Waals surface area (Å²) in [6, 6.07) is 7.25. The lowest BCUT2D eigenvalue weighted by molar-refractivity contribution is -0.126. The molecule has 6 nitrogen and oxygen atoms in total. The Morgan fingerprint density at radius 1 is 1.32 bits per heavy atom. The van der Waals surface area contributed by atoms with Crippen LogP contribution in [-0.2, 0) is 19.4 Å². The van der Waals surface area contributed by atoms with Gasteiger partial charge in [-0.1, -0.05) is 18.2 Å². The first-order valence-corrected chi connectivity index (χ1v) is 9.14. The molecule has 0 radical (unpaired) electrons. The predicted octanol–water partition coefficient (Wildman–Crippen LogP) is 0.663. The zero-order valence-corrected chi connectivity index (χ0v) is 12.9. The molecule has 0 bridgehead atoms. The van der Waals surface area contributed by atoms with E-state index in [1.54, 1.807) is 6.07 Å². The minimum Gasteiger partial charge on any atom is -0.355 e. The minimum absolute atomic E-state index is 0.0263. The number of carbonyl (C=O) groups is 2. The van der Waals surface area contributed by atoms with Crippen molar-refractivity contribution in [2.24, 2.45) is 5.92 Å². The van der Waals surface area contributed by atoms with E-state index in [2.05, 4.69) is 10.6 Å². The summed E-state index contributed by atoms with van der Waals surface area (Å²) in [5.74, 6) is -0.601. The van der Waals surface area contributed by atoms with Gasteiger partial charge in [-0.25, -0.2) is 8.42 Å². The average Bonchev–Trinajstić information content (AvgIpc) is 2.83. The number of hydrogen-bond acceptors (Lipinski definition) is 4. The maximum absolute atomic E-state index is 12.4. The van der Waals surface area contributed by atoms with Crippen molar-refractivity contribution in [2.75, 3.05) is 23.4 Å². The molecule has 2 atom stereocenters. The Hall–Kier alpha value is -1.89. The number of carbonyl (C=O) groups excluding carboxylic acids is 2. The number of anilines is 1. The first-order chi connectivity index (χ1) is 10.4. The maximum Gasteiger partial charge on any atom is 0.228 e. The first-order valence-electron chi connectivity index (χ1n) is 7.31. The third-order valence-electron chi connectivity index (χ3n) is 4.21. The van der Waals surface area contributed by atoms with Gasteiger partial charge in [-0.3, -0.25) is 9.59 Å². The molecule has 0 aromatic heterocycles. The minimum atomic E-state index is -2.94. The zero-order chi connectivity index (χ0) is 15.7. The summed E-state index contributed by atoms with van der Waals surface area (Å²) < 4.78 is 22.9. The van der Waals surface area contributed by atoms with Crippen LogP contribution in [0, 0.1) is 5.92 Å². The Labute approximate surface area is 129 Å². The van der Waals surface area contributed by atoms with Crippen LogP contribution in [0.3, 0.4) is 0 Å². The molecule has 3 rings (SSSR count). The molecule has 0 spiro atoms. The first kappa shape index (κ1) is 15.0. The molecule has 1 fully saturated rings. The second-order valence-electron chi connectivity index (χ2n) is 5.91. The van der Waals surface area contributed by atoms with E-state index < -0.39 is 15.8 Å². The molecule has 22 heavy (non-hydrogen) atoms. The van der Waals surface area contributed by atoms with Crippen LogP contribution in [0.15, 0.2) is 24.3 Å². The fraction of sp³-hybridized carbons (Fsp3) is 0.467. The van der Waals surface area contributed by atoms with Crippen LogP contribution in [0.5, 0.6) is 0 Å². The van der Waals surface area contributed by atoms with E-state index >= 15 is 0 Å². The highest BCUT2D eigenvalue weighted by Crippen LogP contribution is 2.32. The Morgan fingerprint density at radius 2 is 2.09 bits per heavy atom. The van der Waals surface area contributed by atoms with Gasteiger partial charge >= 0.3 is 0 Å². The molecule has 2 heterocycles. The topological polar surface area (TPSA) is 92.3 Å². The van der Waals surface area contributed by atoms with Gasteiger partial charge in [-0.15, -0.1) is 0 Å². The molecule has 1 saturated heterocycles. The second-order valence-corrected chi connectivity index (χ2v) is 8.14. The zero-order valence-electron chi connectivity index (χ0n) is 12.0. The van der Waals surface area contributed by atoms with Gasteiger partial charge in [0.1, 0.15) is 0 Å². The molecular formula is C15H18N2O4S. The lowest BCUT2D eigenvalue weighted by Gasteiger charge is -2.25. The van der Waals surface area contributed by atoms with Crippen LogP contribution in [0.4, 0.5) is 5.69 Å². The molecule has 0 aliphatic carbocycles. The van der Waals surface area contributed by atoms with E-state index in [1.807, 2.05) is 18.2 Å². The number of amides is 2. The number of fused-ring (bicyclic) bond motifs is 1. The standard InChI is InChI=1S/C15H18N2O4S/c18-14-7-12(11-3-1-2-4-13(11)17-14)15(19)16-8-10-5-6-22(20,21)9-10/h1-4,10,12H,5-9H2,(H,16,19)(H,17,18)/t10-,12-/m0/s1. The Balaban J connectivity index is 1.67. The van der Waals surface area contributed by atoms with Crippen LogP contribution < -0.4 is 10.6 Å². The van der Waals surface area contributed by atoms with Crippen molar-refractivity contribution in [3.05, 3.63) is 29.8 Å². The lowest BCUT2D eigenvalue weighted by Crippen LogP contribution is -2.37. The van der Waals surface area contributed by atoms with Gasteiger partial charge < -0.3 is 10.6 Å². The van der Waals surface area contributed by atoms with Crippen molar-refractivity contribution >= 4 is 27.3 Å². The smallest absolute Gasteiger partial charge is 0.228 e. The third kappa shape index (κ3) is 3.14. The van der Waals surface area contributed by atoms with E-state index in [9.17, 15) is 18.0 Å². The molecule has 2 amide bonds. The average molecular weight is 322 g/mol. The molecule has 1 aromatic rings. The van der Waals surface area contributed by atoms with Crippen LogP contribution in [0.1, 0.15) is 24.3 Å². The largest absolute Gasteiger partial charge is 0.355 e. The fourth-order valence-electron chi connectivity index (χ4n) is 3.05. The summed E-state index contributed by atoms with van der Waals surface area (Å²) in [5, 5.41) is 5.56. The van der Waals surface area contributed by atoms with Gasteiger partial charge in [-0.2, -0.15) is 0 Å². The van der Waals surface area contributed by atoms with E-state index in [0.29, 0.717) is 18.7 Å². The lowest BCUT2D eigenvalue weighted by atomic mass is 9.89. The van der Waals surface area contributed by atoms with Gasteiger partial charge in [0, 0.05) is 18.7 Å². The van der Waals surface area contributed by atoms with Crippen molar-refractivity contribution in [1.82, 2.24) is 5.32 Å². The van der Waals surface area contributed by atoms with Crippen molar-refractivity contribution < 1.29 is 18.0 Å². The molecule has 118 valence electrons. The molecule has 2 aliphatic heterocycles. The predicted molar refractivity (Wildman–Crippen MR) is 82.2 cm³/mol. The molecule has 1 aromatic carbocycles. The number of rotatable bonds is 3. The fourth-order valence-corrected chi connectivity index (χ4v) is 4.91. The monoisotopic (exact) mass is 322 g/mol. The number of benzene rings is 1. The normalized spacial score (nSPS) is 26.1. The molecular weight excluding hydrogens is 304 g/mol. The highest BCUT2D eigenvalue weighted by Gasteiger charge is 2.32. The number of sulfone groups is 1. The van der Waals surface area contributed by atoms with E-state index in [-0.39, 0.29) is 35.7 Å². The van der Waals surface area contributed by atoms with Crippen molar-refractivity contribution in [2.45, 2.75) is 18.8 Å². The van der Waals surface area contributed by atoms with Gasteiger partial charge in [0.05, 0.1) is 17.4 Å². The number of hydrogen-bond donors (Lipinski definition) is 2. The van der Waals surface area contributed by atoms with Crippen LogP contribution in [0.2, 0.25) is 0 Å². The quantitative estimate of drug-likeness (QED) is 0.855. The van der Waals surface area contributed by atoms with Gasteiger partial charge in [0.2, 0.25) is 11.8 Å². The second kappa shape index (κ2) is 5.72. The Kier molecular flexibility index (Phi) is 3.90. The van der Waals surface area contributed by atoms with Crippen LogP contribution in [0.25, 0.3) is 0 Å². The molecule has 0 unspecified atom stereocenters.